The SMILES string of the molecule is CCNC(c1ccsc1)C1C(C)(C)C1(C)C. The van der Waals surface area contributed by atoms with Crippen molar-refractivity contribution < 1.29 is 0 Å². The highest BCUT2D eigenvalue weighted by Gasteiger charge is 2.67. The van der Waals surface area contributed by atoms with Crippen molar-refractivity contribution in [2.45, 2.75) is 40.7 Å². The lowest BCUT2D eigenvalue weighted by atomic mass is 9.99. The first kappa shape index (κ1) is 12.1. The molecule has 1 saturated carbocycles. The zero-order valence-electron chi connectivity index (χ0n) is 11.0. The Labute approximate surface area is 103 Å². The third kappa shape index (κ3) is 1.63. The molecule has 0 bridgehead atoms. The van der Waals surface area contributed by atoms with E-state index in [9.17, 15) is 0 Å². The average Bonchev–Trinajstić information content (AvgIpc) is 2.64. The Kier molecular flexibility index (Phi) is 2.92. The minimum Gasteiger partial charge on any atom is -0.310 e. The van der Waals surface area contributed by atoms with Crippen LogP contribution in [0.25, 0.3) is 0 Å². The van der Waals surface area contributed by atoms with Crippen molar-refractivity contribution in [3.8, 4) is 0 Å². The van der Waals surface area contributed by atoms with Crippen LogP contribution in [0, 0.1) is 16.7 Å². The van der Waals surface area contributed by atoms with Gasteiger partial charge in [0.1, 0.15) is 0 Å². The molecule has 0 amide bonds. The van der Waals surface area contributed by atoms with Gasteiger partial charge in [-0.3, -0.25) is 0 Å². The third-order valence-electron chi connectivity index (χ3n) is 4.79. The molecule has 16 heavy (non-hydrogen) atoms. The second-order valence-electron chi connectivity index (χ2n) is 6.01. The van der Waals surface area contributed by atoms with Gasteiger partial charge in [0, 0.05) is 6.04 Å². The molecule has 1 aromatic rings. The maximum atomic E-state index is 3.66. The molecule has 0 radical (unpaired) electrons. The highest BCUT2D eigenvalue weighted by atomic mass is 32.1. The van der Waals surface area contributed by atoms with Crippen molar-refractivity contribution in [2.75, 3.05) is 6.54 Å². The Morgan fingerprint density at radius 2 is 1.94 bits per heavy atom. The summed E-state index contributed by atoms with van der Waals surface area (Å²) in [7, 11) is 0. The van der Waals surface area contributed by atoms with Gasteiger partial charge in [-0.2, -0.15) is 11.3 Å². The lowest BCUT2D eigenvalue weighted by Crippen LogP contribution is -2.24. The van der Waals surface area contributed by atoms with E-state index in [0.29, 0.717) is 16.9 Å². The Morgan fingerprint density at radius 1 is 1.31 bits per heavy atom. The number of hydrogen-bond donors (Lipinski definition) is 1. The van der Waals surface area contributed by atoms with Crippen molar-refractivity contribution in [1.29, 1.82) is 0 Å². The van der Waals surface area contributed by atoms with Crippen molar-refractivity contribution >= 4 is 11.3 Å². The molecule has 2 heteroatoms. The molecule has 0 aliphatic heterocycles. The minimum atomic E-state index is 0.446. The highest BCUT2D eigenvalue weighted by Crippen LogP contribution is 2.72. The van der Waals surface area contributed by atoms with E-state index in [0.717, 1.165) is 12.5 Å². The number of hydrogen-bond acceptors (Lipinski definition) is 2. The monoisotopic (exact) mass is 237 g/mol. The fraction of sp³-hybridized carbons (Fsp3) is 0.714. The molecule has 0 spiro atoms. The van der Waals surface area contributed by atoms with Gasteiger partial charge in [-0.25, -0.2) is 0 Å². The molecule has 1 fully saturated rings. The van der Waals surface area contributed by atoms with Crippen LogP contribution in [-0.4, -0.2) is 6.54 Å². The molecule has 1 aromatic heterocycles. The Bertz CT molecular complexity index is 337. The van der Waals surface area contributed by atoms with Crippen LogP contribution in [0.4, 0.5) is 0 Å². The van der Waals surface area contributed by atoms with Gasteiger partial charge < -0.3 is 5.32 Å². The predicted molar refractivity (Wildman–Crippen MR) is 71.8 cm³/mol. The molecule has 90 valence electrons. The summed E-state index contributed by atoms with van der Waals surface area (Å²) in [6.45, 7) is 12.8. The van der Waals surface area contributed by atoms with Crippen LogP contribution in [-0.2, 0) is 0 Å². The van der Waals surface area contributed by atoms with Gasteiger partial charge in [0.25, 0.3) is 0 Å². The summed E-state index contributed by atoms with van der Waals surface area (Å²) in [5, 5.41) is 8.14. The molecule has 1 aliphatic carbocycles. The van der Waals surface area contributed by atoms with Gasteiger partial charge in [-0.05, 0) is 45.7 Å². The van der Waals surface area contributed by atoms with Crippen LogP contribution in [0.15, 0.2) is 16.8 Å². The Balaban J connectivity index is 2.23. The van der Waals surface area contributed by atoms with E-state index >= 15 is 0 Å². The van der Waals surface area contributed by atoms with Crippen molar-refractivity contribution in [2.24, 2.45) is 16.7 Å². The summed E-state index contributed by atoms with van der Waals surface area (Å²) in [4.78, 5) is 0. The molecule has 1 N–H and O–H groups in total. The molecule has 0 aromatic carbocycles. The van der Waals surface area contributed by atoms with Crippen LogP contribution in [0.2, 0.25) is 0 Å². The van der Waals surface area contributed by atoms with Crippen molar-refractivity contribution in [1.82, 2.24) is 5.32 Å². The van der Waals surface area contributed by atoms with Gasteiger partial charge in [0.05, 0.1) is 0 Å². The normalized spacial score (nSPS) is 24.3. The zero-order chi connectivity index (χ0) is 12.0. The molecule has 1 unspecified atom stereocenters. The predicted octanol–water partition coefficient (Wildman–Crippen LogP) is 4.08. The van der Waals surface area contributed by atoms with E-state index in [1.54, 1.807) is 11.3 Å². The molecule has 1 nitrogen and oxygen atoms in total. The number of rotatable bonds is 4. The number of thiophene rings is 1. The summed E-state index contributed by atoms with van der Waals surface area (Å²) in [6, 6.07) is 2.80. The van der Waals surface area contributed by atoms with Gasteiger partial charge in [-0.1, -0.05) is 34.6 Å². The van der Waals surface area contributed by atoms with E-state index in [1.165, 1.54) is 5.56 Å². The lowest BCUT2D eigenvalue weighted by Gasteiger charge is -2.19. The third-order valence-corrected chi connectivity index (χ3v) is 5.49. The lowest BCUT2D eigenvalue weighted by molar-refractivity contribution is 0.419. The first-order valence-electron chi connectivity index (χ1n) is 6.18. The van der Waals surface area contributed by atoms with Crippen LogP contribution < -0.4 is 5.32 Å². The topological polar surface area (TPSA) is 12.0 Å². The maximum absolute atomic E-state index is 3.66. The van der Waals surface area contributed by atoms with E-state index in [4.69, 9.17) is 0 Å². The molecule has 1 heterocycles. The zero-order valence-corrected chi connectivity index (χ0v) is 11.8. The summed E-state index contributed by atoms with van der Waals surface area (Å²) in [6.07, 6.45) is 0. The number of nitrogens with one attached hydrogen (secondary N) is 1. The smallest absolute Gasteiger partial charge is 0.0367 e. The molecule has 2 rings (SSSR count). The summed E-state index contributed by atoms with van der Waals surface area (Å²) in [5.41, 5.74) is 2.36. The largest absolute Gasteiger partial charge is 0.310 e. The molecule has 0 saturated heterocycles. The van der Waals surface area contributed by atoms with Crippen LogP contribution in [0.3, 0.4) is 0 Å². The highest BCUT2D eigenvalue weighted by molar-refractivity contribution is 7.07. The van der Waals surface area contributed by atoms with Crippen molar-refractivity contribution in [3.63, 3.8) is 0 Å². The quantitative estimate of drug-likeness (QED) is 0.832. The average molecular weight is 237 g/mol. The van der Waals surface area contributed by atoms with Gasteiger partial charge >= 0.3 is 0 Å². The van der Waals surface area contributed by atoms with Crippen molar-refractivity contribution in [3.05, 3.63) is 22.4 Å². The first-order valence-corrected chi connectivity index (χ1v) is 7.12. The van der Waals surface area contributed by atoms with Crippen LogP contribution in [0.1, 0.15) is 46.2 Å². The van der Waals surface area contributed by atoms with Gasteiger partial charge in [-0.15, -0.1) is 0 Å². The molecule has 1 atom stereocenters. The van der Waals surface area contributed by atoms with Gasteiger partial charge in [0.15, 0.2) is 0 Å². The van der Waals surface area contributed by atoms with E-state index in [-0.39, 0.29) is 0 Å². The summed E-state index contributed by atoms with van der Waals surface area (Å²) < 4.78 is 0. The maximum Gasteiger partial charge on any atom is 0.0367 e. The van der Waals surface area contributed by atoms with Crippen LogP contribution >= 0.6 is 11.3 Å². The van der Waals surface area contributed by atoms with E-state index in [2.05, 4.69) is 56.8 Å². The molecule has 1 aliphatic rings. The molecular weight excluding hydrogens is 214 g/mol. The summed E-state index contributed by atoms with van der Waals surface area (Å²) in [5.74, 6) is 0.745. The second-order valence-corrected chi connectivity index (χ2v) is 6.79. The second kappa shape index (κ2) is 3.85. The van der Waals surface area contributed by atoms with Gasteiger partial charge in [0.2, 0.25) is 0 Å². The first-order chi connectivity index (χ1) is 7.43. The standard InChI is InChI=1S/C14H23NS/c1-6-15-11(10-7-8-16-9-10)12-13(2,3)14(12,4)5/h7-9,11-12,15H,6H2,1-5H3. The fourth-order valence-electron chi connectivity index (χ4n) is 3.18. The Morgan fingerprint density at radius 3 is 2.31 bits per heavy atom. The fourth-order valence-corrected chi connectivity index (χ4v) is 3.88. The van der Waals surface area contributed by atoms with E-state index in [1.807, 2.05) is 0 Å². The van der Waals surface area contributed by atoms with E-state index < -0.39 is 0 Å². The minimum absolute atomic E-state index is 0.446. The van der Waals surface area contributed by atoms with Crippen LogP contribution in [0.5, 0.6) is 0 Å². The Hall–Kier alpha value is -0.340. The summed E-state index contributed by atoms with van der Waals surface area (Å²) >= 11 is 1.80. The molecular formula is C14H23NS.